The predicted molar refractivity (Wildman–Crippen MR) is 88.7 cm³/mol. The Balaban J connectivity index is 0.000000236. The fourth-order valence-corrected chi connectivity index (χ4v) is 3.42. The third-order valence-electron chi connectivity index (χ3n) is 4.92. The van der Waals surface area contributed by atoms with Crippen LogP contribution in [0.1, 0.15) is 57.8 Å². The van der Waals surface area contributed by atoms with Crippen molar-refractivity contribution in [1.29, 1.82) is 0 Å². The van der Waals surface area contributed by atoms with Crippen LogP contribution in [0.5, 0.6) is 0 Å². The molecule has 0 saturated heterocycles. The van der Waals surface area contributed by atoms with Crippen molar-refractivity contribution in [3.63, 3.8) is 0 Å². The first-order valence-corrected chi connectivity index (χ1v) is 8.80. The maximum Gasteiger partial charge on any atom is 0.159 e. The molecule has 0 heterocycles. The van der Waals surface area contributed by atoms with Gasteiger partial charge in [-0.15, -0.1) is 0 Å². The highest BCUT2D eigenvalue weighted by Crippen LogP contribution is 2.28. The van der Waals surface area contributed by atoms with Crippen molar-refractivity contribution in [3.05, 3.63) is 11.8 Å². The molecular formula is C19H24O6. The van der Waals surface area contributed by atoms with Crippen molar-refractivity contribution in [2.75, 3.05) is 7.11 Å². The quantitative estimate of drug-likeness (QED) is 0.725. The molecule has 136 valence electrons. The highest BCUT2D eigenvalue weighted by atomic mass is 16.5. The number of ether oxygens (including phenoxy) is 1. The van der Waals surface area contributed by atoms with Crippen LogP contribution in [0.4, 0.5) is 0 Å². The molecule has 0 N–H and O–H groups in total. The fourth-order valence-electron chi connectivity index (χ4n) is 3.42. The number of carbonyl (C=O) groups is 5. The van der Waals surface area contributed by atoms with Crippen LogP contribution in [0.3, 0.4) is 0 Å². The van der Waals surface area contributed by atoms with Crippen molar-refractivity contribution in [1.82, 2.24) is 0 Å². The van der Waals surface area contributed by atoms with Crippen LogP contribution in [0.2, 0.25) is 0 Å². The van der Waals surface area contributed by atoms with Crippen molar-refractivity contribution >= 4 is 28.9 Å². The molecule has 6 heteroatoms. The summed E-state index contributed by atoms with van der Waals surface area (Å²) in [4.78, 5) is 57.0. The van der Waals surface area contributed by atoms with E-state index in [-0.39, 0.29) is 35.3 Å². The zero-order chi connectivity index (χ0) is 18.4. The Labute approximate surface area is 147 Å². The molecule has 0 atom stereocenters. The summed E-state index contributed by atoms with van der Waals surface area (Å²) in [5.41, 5.74) is 0. The van der Waals surface area contributed by atoms with Crippen LogP contribution in [0, 0.1) is 11.8 Å². The lowest BCUT2D eigenvalue weighted by atomic mass is 9.75. The first kappa shape index (κ1) is 19.2. The largest absolute Gasteiger partial charge is 0.501 e. The number of rotatable bonds is 3. The molecule has 2 fully saturated rings. The van der Waals surface area contributed by atoms with Gasteiger partial charge >= 0.3 is 0 Å². The average Bonchev–Trinajstić information content (AvgIpc) is 3.00. The Morgan fingerprint density at radius 3 is 1.48 bits per heavy atom. The number of methoxy groups -OCH3 is 1. The minimum Gasteiger partial charge on any atom is -0.501 e. The van der Waals surface area contributed by atoms with E-state index in [1.807, 2.05) is 0 Å². The molecule has 0 spiro atoms. The van der Waals surface area contributed by atoms with Crippen LogP contribution in [0.15, 0.2) is 11.8 Å². The SMILES string of the molecule is COC1=CC(=O)CC1.O=C1CCCC(=O)C1CC1C(=O)CCCC1=O. The average molecular weight is 348 g/mol. The van der Waals surface area contributed by atoms with Crippen molar-refractivity contribution in [3.8, 4) is 0 Å². The van der Waals surface area contributed by atoms with Crippen LogP contribution < -0.4 is 0 Å². The summed E-state index contributed by atoms with van der Waals surface area (Å²) in [6, 6.07) is 0. The van der Waals surface area contributed by atoms with Crippen LogP contribution in [-0.4, -0.2) is 36.0 Å². The molecule has 3 rings (SSSR count). The van der Waals surface area contributed by atoms with E-state index >= 15 is 0 Å². The number of hydrogen-bond donors (Lipinski definition) is 0. The van der Waals surface area contributed by atoms with E-state index in [0.29, 0.717) is 44.9 Å². The van der Waals surface area contributed by atoms with Gasteiger partial charge in [0.05, 0.1) is 24.7 Å². The molecule has 0 bridgehead atoms. The van der Waals surface area contributed by atoms with E-state index < -0.39 is 11.8 Å². The van der Waals surface area contributed by atoms with Crippen LogP contribution in [0.25, 0.3) is 0 Å². The maximum absolute atomic E-state index is 11.6. The molecule has 0 amide bonds. The predicted octanol–water partition coefficient (Wildman–Crippen LogP) is 2.13. The summed E-state index contributed by atoms with van der Waals surface area (Å²) < 4.78 is 4.82. The maximum atomic E-state index is 11.6. The van der Waals surface area contributed by atoms with Gasteiger partial charge in [0.15, 0.2) is 5.78 Å². The van der Waals surface area contributed by atoms with E-state index in [1.165, 1.54) is 0 Å². The molecule has 0 aromatic heterocycles. The number of hydrogen-bond acceptors (Lipinski definition) is 6. The smallest absolute Gasteiger partial charge is 0.159 e. The second-order valence-corrected chi connectivity index (χ2v) is 6.69. The number of ketones is 5. The second kappa shape index (κ2) is 8.83. The Hall–Kier alpha value is -2.11. The van der Waals surface area contributed by atoms with E-state index in [9.17, 15) is 24.0 Å². The van der Waals surface area contributed by atoms with Gasteiger partial charge in [0.25, 0.3) is 0 Å². The number of carbonyl (C=O) groups excluding carboxylic acids is 5. The van der Waals surface area contributed by atoms with Gasteiger partial charge in [-0.2, -0.15) is 0 Å². The van der Waals surface area contributed by atoms with Crippen molar-refractivity contribution in [2.24, 2.45) is 11.8 Å². The highest BCUT2D eigenvalue weighted by Gasteiger charge is 2.38. The molecule has 2 saturated carbocycles. The lowest BCUT2D eigenvalue weighted by Gasteiger charge is -2.25. The van der Waals surface area contributed by atoms with Gasteiger partial charge in [0, 0.05) is 44.6 Å². The zero-order valence-corrected chi connectivity index (χ0v) is 14.5. The molecule has 0 radical (unpaired) electrons. The summed E-state index contributed by atoms with van der Waals surface area (Å²) in [5.74, 6) is -0.754. The summed E-state index contributed by atoms with van der Waals surface area (Å²) >= 11 is 0. The van der Waals surface area contributed by atoms with Crippen LogP contribution in [-0.2, 0) is 28.7 Å². The molecule has 25 heavy (non-hydrogen) atoms. The molecular weight excluding hydrogens is 324 g/mol. The highest BCUT2D eigenvalue weighted by molar-refractivity contribution is 6.08. The first-order chi connectivity index (χ1) is 11.9. The zero-order valence-electron chi connectivity index (χ0n) is 14.5. The Morgan fingerprint density at radius 2 is 1.20 bits per heavy atom. The van der Waals surface area contributed by atoms with Gasteiger partial charge in [-0.1, -0.05) is 0 Å². The number of allylic oxidation sites excluding steroid dienone is 2. The molecule has 6 nitrogen and oxygen atoms in total. The summed E-state index contributed by atoms with van der Waals surface area (Å²) in [5, 5.41) is 0. The Morgan fingerprint density at radius 1 is 0.760 bits per heavy atom. The molecule has 0 aromatic rings. The lowest BCUT2D eigenvalue weighted by molar-refractivity contribution is -0.139. The van der Waals surface area contributed by atoms with E-state index in [4.69, 9.17) is 4.74 Å². The van der Waals surface area contributed by atoms with Crippen molar-refractivity contribution in [2.45, 2.75) is 57.8 Å². The van der Waals surface area contributed by atoms with Gasteiger partial charge in [-0.25, -0.2) is 0 Å². The minimum atomic E-state index is -0.695. The first-order valence-electron chi connectivity index (χ1n) is 8.80. The van der Waals surface area contributed by atoms with E-state index in [1.54, 1.807) is 13.2 Å². The topological polar surface area (TPSA) is 94.6 Å². The number of Topliss-reactive ketones (excluding diaryl/α,β-unsaturated/α-hetero) is 4. The molecule has 0 unspecified atom stereocenters. The normalized spacial score (nSPS) is 22.6. The molecule has 0 aromatic carbocycles. The third-order valence-corrected chi connectivity index (χ3v) is 4.92. The summed E-state index contributed by atoms with van der Waals surface area (Å²) in [7, 11) is 1.59. The van der Waals surface area contributed by atoms with Gasteiger partial charge in [0.2, 0.25) is 0 Å². The molecule has 3 aliphatic carbocycles. The van der Waals surface area contributed by atoms with Gasteiger partial charge in [-0.3, -0.25) is 24.0 Å². The Bertz CT molecular complexity index is 547. The van der Waals surface area contributed by atoms with E-state index in [0.717, 1.165) is 12.2 Å². The summed E-state index contributed by atoms with van der Waals surface area (Å²) in [6.45, 7) is 0. The van der Waals surface area contributed by atoms with Crippen LogP contribution >= 0.6 is 0 Å². The molecule has 3 aliphatic rings. The van der Waals surface area contributed by atoms with E-state index in [2.05, 4.69) is 0 Å². The summed E-state index contributed by atoms with van der Waals surface area (Å²) in [6.07, 6.45) is 5.96. The fraction of sp³-hybridized carbons (Fsp3) is 0.632. The minimum absolute atomic E-state index is 0.0903. The van der Waals surface area contributed by atoms with Gasteiger partial charge in [0.1, 0.15) is 23.1 Å². The monoisotopic (exact) mass is 348 g/mol. The van der Waals surface area contributed by atoms with Gasteiger partial charge < -0.3 is 4.74 Å². The molecule has 0 aliphatic heterocycles. The second-order valence-electron chi connectivity index (χ2n) is 6.69. The standard InChI is InChI=1S/C13H16O4.C6H8O2/c14-10-3-1-4-11(15)8(10)7-9-12(16)5-2-6-13(9)17;1-8-6-3-2-5(7)4-6/h8-9H,1-7H2;4H,2-3H2,1H3. The van der Waals surface area contributed by atoms with Gasteiger partial charge in [-0.05, 0) is 19.3 Å². The Kier molecular flexibility index (Phi) is 6.79. The van der Waals surface area contributed by atoms with Crippen molar-refractivity contribution < 1.29 is 28.7 Å². The lowest BCUT2D eigenvalue weighted by Crippen LogP contribution is -2.36. The third kappa shape index (κ3) is 5.18.